The van der Waals surface area contributed by atoms with Gasteiger partial charge in [0.25, 0.3) is 0 Å². The predicted octanol–water partition coefficient (Wildman–Crippen LogP) is 3.90. The third-order valence-corrected chi connectivity index (χ3v) is 3.73. The van der Waals surface area contributed by atoms with Gasteiger partial charge in [-0.05, 0) is 25.1 Å². The fraction of sp³-hybridized carbons (Fsp3) is 0.176. The number of nitrogens with one attached hydrogen (secondary N) is 1. The molecule has 120 valence electrons. The molecule has 1 aromatic carbocycles. The Morgan fingerprint density at radius 2 is 2.09 bits per heavy atom. The van der Waals surface area contributed by atoms with E-state index in [0.717, 1.165) is 11.3 Å². The maximum Gasteiger partial charge on any atom is 0.250 e. The highest BCUT2D eigenvalue weighted by Crippen LogP contribution is 2.34. The van der Waals surface area contributed by atoms with E-state index in [1.54, 1.807) is 26.4 Å². The SMILES string of the molecule is CC=CC=CC(=O)Nc1nc(-c2cc(OC)ccc2OC)cs1. The van der Waals surface area contributed by atoms with Crippen LogP contribution in [0.2, 0.25) is 0 Å². The molecule has 0 saturated carbocycles. The minimum absolute atomic E-state index is 0.221. The summed E-state index contributed by atoms with van der Waals surface area (Å²) in [7, 11) is 3.21. The molecular formula is C17H18N2O3S. The monoisotopic (exact) mass is 330 g/mol. The molecule has 0 aliphatic heterocycles. The molecule has 6 heteroatoms. The summed E-state index contributed by atoms with van der Waals surface area (Å²) >= 11 is 1.35. The zero-order chi connectivity index (χ0) is 16.7. The van der Waals surface area contributed by atoms with Crippen molar-refractivity contribution in [2.75, 3.05) is 19.5 Å². The molecule has 0 unspecified atom stereocenters. The summed E-state index contributed by atoms with van der Waals surface area (Å²) in [5.74, 6) is 1.19. The van der Waals surface area contributed by atoms with Crippen molar-refractivity contribution in [1.82, 2.24) is 4.98 Å². The molecule has 1 N–H and O–H groups in total. The van der Waals surface area contributed by atoms with Gasteiger partial charge in [0, 0.05) is 17.0 Å². The third-order valence-electron chi connectivity index (χ3n) is 2.97. The molecule has 0 radical (unpaired) electrons. The largest absolute Gasteiger partial charge is 0.497 e. The number of rotatable bonds is 6. The molecule has 1 heterocycles. The maximum absolute atomic E-state index is 11.7. The smallest absolute Gasteiger partial charge is 0.250 e. The van der Waals surface area contributed by atoms with Gasteiger partial charge < -0.3 is 9.47 Å². The fourth-order valence-corrected chi connectivity index (χ4v) is 2.58. The summed E-state index contributed by atoms with van der Waals surface area (Å²) in [4.78, 5) is 16.2. The van der Waals surface area contributed by atoms with Crippen LogP contribution in [0.25, 0.3) is 11.3 Å². The van der Waals surface area contributed by atoms with Crippen LogP contribution < -0.4 is 14.8 Å². The Hall–Kier alpha value is -2.60. The van der Waals surface area contributed by atoms with Gasteiger partial charge >= 0.3 is 0 Å². The molecule has 0 aliphatic carbocycles. The first-order valence-electron chi connectivity index (χ1n) is 6.96. The van der Waals surface area contributed by atoms with Crippen LogP contribution in [0.3, 0.4) is 0 Å². The van der Waals surface area contributed by atoms with Gasteiger partial charge in [-0.2, -0.15) is 0 Å². The number of carbonyl (C=O) groups excluding carboxylic acids is 1. The third kappa shape index (κ3) is 4.43. The molecule has 0 saturated heterocycles. The first kappa shape index (κ1) is 16.8. The molecule has 0 aliphatic rings. The van der Waals surface area contributed by atoms with E-state index in [2.05, 4.69) is 10.3 Å². The lowest BCUT2D eigenvalue weighted by atomic mass is 10.1. The van der Waals surface area contributed by atoms with Crippen LogP contribution in [-0.4, -0.2) is 25.1 Å². The Morgan fingerprint density at radius 1 is 1.26 bits per heavy atom. The number of amides is 1. The highest BCUT2D eigenvalue weighted by atomic mass is 32.1. The van der Waals surface area contributed by atoms with Crippen molar-refractivity contribution in [3.8, 4) is 22.8 Å². The van der Waals surface area contributed by atoms with E-state index < -0.39 is 0 Å². The highest BCUT2D eigenvalue weighted by Gasteiger charge is 2.12. The van der Waals surface area contributed by atoms with Gasteiger partial charge in [-0.15, -0.1) is 11.3 Å². The van der Waals surface area contributed by atoms with E-state index in [9.17, 15) is 4.79 Å². The second kappa shape index (κ2) is 8.14. The van der Waals surface area contributed by atoms with E-state index in [4.69, 9.17) is 9.47 Å². The van der Waals surface area contributed by atoms with Crippen LogP contribution in [0.1, 0.15) is 6.92 Å². The van der Waals surface area contributed by atoms with Gasteiger partial charge in [-0.3, -0.25) is 10.1 Å². The van der Waals surface area contributed by atoms with Crippen LogP contribution in [0.5, 0.6) is 11.5 Å². The average Bonchev–Trinajstić information content (AvgIpc) is 3.02. The normalized spacial score (nSPS) is 11.1. The van der Waals surface area contributed by atoms with Gasteiger partial charge in [0.2, 0.25) is 5.91 Å². The molecule has 5 nitrogen and oxygen atoms in total. The van der Waals surface area contributed by atoms with Crippen LogP contribution in [0, 0.1) is 0 Å². The second-order valence-corrected chi connectivity index (χ2v) is 5.34. The topological polar surface area (TPSA) is 60.5 Å². The second-order valence-electron chi connectivity index (χ2n) is 4.48. The molecule has 1 aromatic heterocycles. The highest BCUT2D eigenvalue weighted by molar-refractivity contribution is 7.14. The number of methoxy groups -OCH3 is 2. The molecule has 2 aromatic rings. The molecule has 23 heavy (non-hydrogen) atoms. The van der Waals surface area contributed by atoms with Crippen molar-refractivity contribution in [2.45, 2.75) is 6.92 Å². The number of carbonyl (C=O) groups is 1. The van der Waals surface area contributed by atoms with Crippen molar-refractivity contribution < 1.29 is 14.3 Å². The number of hydrogen-bond acceptors (Lipinski definition) is 5. The Bertz CT molecular complexity index is 735. The summed E-state index contributed by atoms with van der Waals surface area (Å²) in [6, 6.07) is 5.50. The molecule has 2 rings (SSSR count). The summed E-state index contributed by atoms with van der Waals surface area (Å²) in [6.07, 6.45) is 6.76. The lowest BCUT2D eigenvalue weighted by molar-refractivity contribution is -0.111. The maximum atomic E-state index is 11.7. The summed E-state index contributed by atoms with van der Waals surface area (Å²) < 4.78 is 10.6. The summed E-state index contributed by atoms with van der Waals surface area (Å²) in [5, 5.41) is 5.12. The lowest BCUT2D eigenvalue weighted by Gasteiger charge is -2.08. The van der Waals surface area contributed by atoms with Crippen LogP contribution in [-0.2, 0) is 4.79 Å². The number of nitrogens with zero attached hydrogens (tertiary/aromatic N) is 1. The number of thiazole rings is 1. The van der Waals surface area contributed by atoms with Crippen molar-refractivity contribution in [3.05, 3.63) is 47.9 Å². The first-order valence-corrected chi connectivity index (χ1v) is 7.84. The van der Waals surface area contributed by atoms with Crippen molar-refractivity contribution >= 4 is 22.4 Å². The predicted molar refractivity (Wildman–Crippen MR) is 93.2 cm³/mol. The number of benzene rings is 1. The summed E-state index contributed by atoms with van der Waals surface area (Å²) in [5.41, 5.74) is 1.53. The number of aromatic nitrogens is 1. The standard InChI is InChI=1S/C17H18N2O3S/c1-4-5-6-7-16(20)19-17-18-14(11-23-17)13-10-12(21-2)8-9-15(13)22-3/h4-11H,1-3H3,(H,18,19,20). The Morgan fingerprint density at radius 3 is 2.78 bits per heavy atom. The zero-order valence-corrected chi connectivity index (χ0v) is 14.0. The Labute approximate surface area is 139 Å². The van der Waals surface area contributed by atoms with Crippen LogP contribution in [0.15, 0.2) is 47.9 Å². The Balaban J connectivity index is 2.20. The average molecular weight is 330 g/mol. The van der Waals surface area contributed by atoms with E-state index >= 15 is 0 Å². The number of allylic oxidation sites excluding steroid dienone is 3. The number of hydrogen-bond donors (Lipinski definition) is 1. The van der Waals surface area contributed by atoms with E-state index in [1.807, 2.05) is 36.6 Å². The lowest BCUT2D eigenvalue weighted by Crippen LogP contribution is -2.07. The zero-order valence-electron chi connectivity index (χ0n) is 13.2. The molecule has 0 atom stereocenters. The molecule has 1 amide bonds. The van der Waals surface area contributed by atoms with Gasteiger partial charge in [-0.25, -0.2) is 4.98 Å². The molecule has 0 bridgehead atoms. The quantitative estimate of drug-likeness (QED) is 0.644. The minimum Gasteiger partial charge on any atom is -0.497 e. The summed E-state index contributed by atoms with van der Waals surface area (Å²) in [6.45, 7) is 1.89. The van der Waals surface area contributed by atoms with Gasteiger partial charge in [-0.1, -0.05) is 18.2 Å². The van der Waals surface area contributed by atoms with Gasteiger partial charge in [0.05, 0.1) is 19.9 Å². The van der Waals surface area contributed by atoms with Gasteiger partial charge in [0.1, 0.15) is 11.5 Å². The van der Waals surface area contributed by atoms with Crippen molar-refractivity contribution in [2.24, 2.45) is 0 Å². The van der Waals surface area contributed by atoms with E-state index in [0.29, 0.717) is 16.6 Å². The van der Waals surface area contributed by atoms with E-state index in [-0.39, 0.29) is 5.91 Å². The minimum atomic E-state index is -0.221. The van der Waals surface area contributed by atoms with Crippen molar-refractivity contribution in [1.29, 1.82) is 0 Å². The molecular weight excluding hydrogens is 312 g/mol. The Kier molecular flexibility index (Phi) is 5.94. The van der Waals surface area contributed by atoms with Crippen molar-refractivity contribution in [3.63, 3.8) is 0 Å². The van der Waals surface area contributed by atoms with E-state index in [1.165, 1.54) is 17.4 Å². The number of ether oxygens (including phenoxy) is 2. The van der Waals surface area contributed by atoms with Gasteiger partial charge in [0.15, 0.2) is 5.13 Å². The first-order chi connectivity index (χ1) is 11.2. The molecule has 0 fully saturated rings. The van der Waals surface area contributed by atoms with Crippen LogP contribution in [0.4, 0.5) is 5.13 Å². The molecule has 0 spiro atoms. The fourth-order valence-electron chi connectivity index (χ4n) is 1.87. The number of anilines is 1. The van der Waals surface area contributed by atoms with Crippen LogP contribution >= 0.6 is 11.3 Å².